The second-order valence-electron chi connectivity index (χ2n) is 9.40. The summed E-state index contributed by atoms with van der Waals surface area (Å²) in [5.74, 6) is -0.667. The van der Waals surface area contributed by atoms with Crippen LogP contribution in [0.3, 0.4) is 0 Å². The molecule has 35 heavy (non-hydrogen) atoms. The van der Waals surface area contributed by atoms with Crippen molar-refractivity contribution in [3.05, 3.63) is 42.0 Å². The Morgan fingerprint density at radius 1 is 0.571 bits per heavy atom. The monoisotopic (exact) mass is 486 g/mol. The van der Waals surface area contributed by atoms with Gasteiger partial charge in [0, 0.05) is 6.08 Å². The van der Waals surface area contributed by atoms with E-state index < -0.39 is 0 Å². The molecule has 1 aliphatic rings. The van der Waals surface area contributed by atoms with Crippen molar-refractivity contribution in [3.8, 4) is 0 Å². The van der Waals surface area contributed by atoms with Gasteiger partial charge in [0.05, 0.1) is 12.2 Å². The first-order valence-electron chi connectivity index (χ1n) is 14.3. The number of nitrogens with one attached hydrogen (secondary N) is 1. The minimum absolute atomic E-state index is 0.105. The summed E-state index contributed by atoms with van der Waals surface area (Å²) >= 11 is 0. The zero-order chi connectivity index (χ0) is 26.0. The van der Waals surface area contributed by atoms with Crippen LogP contribution in [0, 0.1) is 0 Å². The maximum atomic E-state index is 11.2. The van der Waals surface area contributed by atoms with Crippen LogP contribution in [-0.2, 0) is 14.7 Å². The number of carbonyl (C=O) groups excluding carboxylic acids is 2. The SMILES string of the molecule is CCCCCCCCCCCCCCCC.CCCCC[O].O=C1C=C(c2ccccc2)C(=O)N1. The quantitative estimate of drug-likeness (QED) is 0.176. The van der Waals surface area contributed by atoms with Crippen LogP contribution in [0.5, 0.6) is 0 Å². The van der Waals surface area contributed by atoms with Crippen LogP contribution in [0.25, 0.3) is 5.57 Å². The highest BCUT2D eigenvalue weighted by atomic mass is 16.3. The Balaban J connectivity index is 0.000000543. The predicted molar refractivity (Wildman–Crippen MR) is 149 cm³/mol. The van der Waals surface area contributed by atoms with Crippen molar-refractivity contribution in [2.24, 2.45) is 0 Å². The van der Waals surface area contributed by atoms with E-state index in [1.807, 2.05) is 18.2 Å². The minimum atomic E-state index is -0.344. The molecule has 0 unspecified atom stereocenters. The van der Waals surface area contributed by atoms with Crippen LogP contribution >= 0.6 is 0 Å². The summed E-state index contributed by atoms with van der Waals surface area (Å²) in [7, 11) is 0. The summed E-state index contributed by atoms with van der Waals surface area (Å²) in [6.07, 6.45) is 24.9. The zero-order valence-electron chi connectivity index (χ0n) is 22.9. The van der Waals surface area contributed by atoms with E-state index in [0.717, 1.165) is 24.8 Å². The van der Waals surface area contributed by atoms with Crippen molar-refractivity contribution in [1.29, 1.82) is 0 Å². The van der Waals surface area contributed by atoms with Crippen LogP contribution in [0.4, 0.5) is 0 Å². The molecule has 0 atom stereocenters. The smallest absolute Gasteiger partial charge is 0.258 e. The fraction of sp³-hybridized carbons (Fsp3) is 0.677. The van der Waals surface area contributed by atoms with Crippen molar-refractivity contribution < 1.29 is 14.7 Å². The first-order valence-corrected chi connectivity index (χ1v) is 14.3. The molecule has 1 radical (unpaired) electrons. The maximum Gasteiger partial charge on any atom is 0.258 e. The normalized spacial score (nSPS) is 12.3. The van der Waals surface area contributed by atoms with E-state index in [1.54, 1.807) is 12.1 Å². The number of benzene rings is 1. The maximum absolute atomic E-state index is 11.2. The van der Waals surface area contributed by atoms with Gasteiger partial charge < -0.3 is 0 Å². The summed E-state index contributed by atoms with van der Waals surface area (Å²) in [5.41, 5.74) is 1.21. The Bertz CT molecular complexity index is 636. The molecule has 1 aromatic carbocycles. The predicted octanol–water partition coefficient (Wildman–Crippen LogP) is 8.82. The van der Waals surface area contributed by atoms with E-state index in [1.165, 1.54) is 96.0 Å². The van der Waals surface area contributed by atoms with Gasteiger partial charge in [0.1, 0.15) is 0 Å². The van der Waals surface area contributed by atoms with E-state index in [-0.39, 0.29) is 18.4 Å². The van der Waals surface area contributed by atoms with Crippen molar-refractivity contribution in [2.75, 3.05) is 6.61 Å². The Morgan fingerprint density at radius 2 is 0.971 bits per heavy atom. The highest BCUT2D eigenvalue weighted by Crippen LogP contribution is 2.17. The summed E-state index contributed by atoms with van der Waals surface area (Å²) in [6, 6.07) is 9.10. The molecule has 0 aliphatic carbocycles. The first kappa shape index (κ1) is 33.1. The Morgan fingerprint density at radius 3 is 1.29 bits per heavy atom. The van der Waals surface area contributed by atoms with Gasteiger partial charge in [0.15, 0.2) is 0 Å². The lowest BCUT2D eigenvalue weighted by Gasteiger charge is -2.02. The highest BCUT2D eigenvalue weighted by Gasteiger charge is 2.21. The van der Waals surface area contributed by atoms with Crippen molar-refractivity contribution in [2.45, 2.75) is 130 Å². The molecular formula is C31H52NO3. The molecule has 4 nitrogen and oxygen atoms in total. The van der Waals surface area contributed by atoms with Crippen LogP contribution < -0.4 is 5.32 Å². The summed E-state index contributed by atoms with van der Waals surface area (Å²) in [6.45, 7) is 6.78. The van der Waals surface area contributed by atoms with Crippen LogP contribution in [0.2, 0.25) is 0 Å². The first-order chi connectivity index (χ1) is 17.1. The third-order valence-electron chi connectivity index (χ3n) is 6.05. The molecule has 0 saturated carbocycles. The van der Waals surface area contributed by atoms with Crippen LogP contribution in [-0.4, -0.2) is 18.4 Å². The Labute approximate surface area is 216 Å². The second-order valence-corrected chi connectivity index (χ2v) is 9.40. The van der Waals surface area contributed by atoms with Gasteiger partial charge in [-0.05, 0) is 12.0 Å². The van der Waals surface area contributed by atoms with Gasteiger partial charge in [-0.1, -0.05) is 154 Å². The number of carbonyl (C=O) groups is 2. The molecule has 199 valence electrons. The molecule has 1 N–H and O–H groups in total. The van der Waals surface area contributed by atoms with Gasteiger partial charge in [-0.25, -0.2) is 5.11 Å². The van der Waals surface area contributed by atoms with Gasteiger partial charge in [-0.15, -0.1) is 0 Å². The average molecular weight is 487 g/mol. The molecule has 0 spiro atoms. The summed E-state index contributed by atoms with van der Waals surface area (Å²) < 4.78 is 0. The van der Waals surface area contributed by atoms with Crippen molar-refractivity contribution in [3.63, 3.8) is 0 Å². The Kier molecular flexibility index (Phi) is 23.8. The fourth-order valence-corrected chi connectivity index (χ4v) is 3.86. The van der Waals surface area contributed by atoms with E-state index >= 15 is 0 Å². The van der Waals surface area contributed by atoms with Gasteiger partial charge >= 0.3 is 0 Å². The lowest BCUT2D eigenvalue weighted by atomic mass is 10.0. The lowest BCUT2D eigenvalue weighted by molar-refractivity contribution is -0.123. The minimum Gasteiger partial charge on any atom is -0.289 e. The molecule has 0 saturated heterocycles. The fourth-order valence-electron chi connectivity index (χ4n) is 3.86. The number of rotatable bonds is 17. The molecular weight excluding hydrogens is 434 g/mol. The number of hydrogen-bond acceptors (Lipinski definition) is 2. The topological polar surface area (TPSA) is 66.1 Å². The van der Waals surface area contributed by atoms with E-state index in [4.69, 9.17) is 0 Å². The molecule has 1 heterocycles. The molecule has 1 aliphatic heterocycles. The summed E-state index contributed by atoms with van der Waals surface area (Å²) in [5, 5.41) is 11.9. The second kappa shape index (κ2) is 25.2. The van der Waals surface area contributed by atoms with E-state index in [9.17, 15) is 14.7 Å². The zero-order valence-corrected chi connectivity index (χ0v) is 22.9. The number of unbranched alkanes of at least 4 members (excludes halogenated alkanes) is 15. The highest BCUT2D eigenvalue weighted by molar-refractivity contribution is 6.33. The van der Waals surface area contributed by atoms with Gasteiger partial charge in [-0.2, -0.15) is 0 Å². The van der Waals surface area contributed by atoms with Gasteiger partial charge in [-0.3, -0.25) is 14.9 Å². The molecule has 4 heteroatoms. The van der Waals surface area contributed by atoms with E-state index in [2.05, 4.69) is 26.1 Å². The molecule has 2 amide bonds. The number of hydrogen-bond donors (Lipinski definition) is 1. The molecule has 2 rings (SSSR count). The van der Waals surface area contributed by atoms with Crippen molar-refractivity contribution >= 4 is 17.4 Å². The Hall–Kier alpha value is -1.94. The molecule has 0 bridgehead atoms. The molecule has 1 aromatic rings. The average Bonchev–Trinajstić information content (AvgIpc) is 3.22. The standard InChI is InChI=1S/C16H34.C10H7NO2.C5H11O/c1-3-5-7-9-11-13-15-16-14-12-10-8-6-4-2;12-9-6-8(10(13)11-9)7-4-2-1-3-5-7;1-2-3-4-5-6/h3-16H2,1-2H3;1-6H,(H,11,12,13);2-5H2,1H3. The van der Waals surface area contributed by atoms with Gasteiger partial charge in [0.2, 0.25) is 0 Å². The molecule has 0 fully saturated rings. The van der Waals surface area contributed by atoms with Crippen LogP contribution in [0.15, 0.2) is 36.4 Å². The lowest BCUT2D eigenvalue weighted by Crippen LogP contribution is -2.21. The third kappa shape index (κ3) is 20.0. The summed E-state index contributed by atoms with van der Waals surface area (Å²) in [4.78, 5) is 22.0. The number of imide groups is 1. The largest absolute Gasteiger partial charge is 0.289 e. The van der Waals surface area contributed by atoms with E-state index in [0.29, 0.717) is 5.57 Å². The molecule has 0 aromatic heterocycles. The number of amides is 2. The van der Waals surface area contributed by atoms with Crippen LogP contribution in [0.1, 0.15) is 135 Å². The van der Waals surface area contributed by atoms with Crippen molar-refractivity contribution in [1.82, 2.24) is 5.32 Å². The van der Waals surface area contributed by atoms with Gasteiger partial charge in [0.25, 0.3) is 11.8 Å². The third-order valence-corrected chi connectivity index (χ3v) is 6.05.